The minimum Gasteiger partial charge on any atom is -0.494 e. The normalized spacial score (nSPS) is 11.0. The van der Waals surface area contributed by atoms with Crippen molar-refractivity contribution < 1.29 is 18.7 Å². The van der Waals surface area contributed by atoms with Crippen molar-refractivity contribution in [2.75, 3.05) is 6.61 Å². The Morgan fingerprint density at radius 3 is 2.56 bits per heavy atom. The molecular formula is C26H25FN2O4S. The molecule has 34 heavy (non-hydrogen) atoms. The van der Waals surface area contributed by atoms with E-state index >= 15 is 0 Å². The molecule has 2 aromatic carbocycles. The van der Waals surface area contributed by atoms with E-state index in [1.54, 1.807) is 49.4 Å². The number of carbonyl (C=O) groups excluding carboxylic acids is 1. The number of thiophene rings is 1. The Balaban J connectivity index is 1.51. The molecule has 0 aliphatic heterocycles. The molecule has 176 valence electrons. The molecule has 0 amide bonds. The van der Waals surface area contributed by atoms with Crippen LogP contribution in [0.25, 0.3) is 10.2 Å². The number of hydrogen-bond acceptors (Lipinski definition) is 6. The number of carbonyl (C=O) groups is 1. The van der Waals surface area contributed by atoms with Crippen LogP contribution in [0.1, 0.15) is 47.0 Å². The number of hydrogen-bond donors (Lipinski definition) is 0. The van der Waals surface area contributed by atoms with E-state index in [4.69, 9.17) is 9.47 Å². The van der Waals surface area contributed by atoms with E-state index in [2.05, 4.69) is 11.9 Å². The van der Waals surface area contributed by atoms with Crippen molar-refractivity contribution in [1.29, 1.82) is 0 Å². The van der Waals surface area contributed by atoms with Crippen LogP contribution in [0, 0.1) is 12.7 Å². The standard InChI is InChI=1S/C26H25FN2O4S/c1-3-4-7-14-32-19-10-12-20(13-11-19)33-26(31)23-17(2)22-24(34-23)28-16-29(25(22)30)15-18-8-5-6-9-21(18)27/h5-6,8-13,16H,3-4,7,14-15H2,1-2H3. The Morgan fingerprint density at radius 1 is 1.09 bits per heavy atom. The first kappa shape index (κ1) is 23.6. The zero-order valence-corrected chi connectivity index (χ0v) is 19.9. The molecule has 0 saturated carbocycles. The van der Waals surface area contributed by atoms with Crippen molar-refractivity contribution in [2.24, 2.45) is 0 Å². The van der Waals surface area contributed by atoms with Gasteiger partial charge in [0.1, 0.15) is 27.0 Å². The zero-order chi connectivity index (χ0) is 24.1. The van der Waals surface area contributed by atoms with Crippen molar-refractivity contribution in [2.45, 2.75) is 39.7 Å². The average molecular weight is 481 g/mol. The molecule has 0 bridgehead atoms. The lowest BCUT2D eigenvalue weighted by Crippen LogP contribution is -2.21. The van der Waals surface area contributed by atoms with Gasteiger partial charge < -0.3 is 9.47 Å². The minimum atomic E-state index is -0.558. The minimum absolute atomic E-state index is 0.0520. The fourth-order valence-corrected chi connectivity index (χ4v) is 4.59. The first-order valence-corrected chi connectivity index (χ1v) is 12.0. The predicted molar refractivity (Wildman–Crippen MR) is 131 cm³/mol. The molecular weight excluding hydrogens is 455 g/mol. The van der Waals surface area contributed by atoms with Crippen LogP contribution in [0.3, 0.4) is 0 Å². The number of unbranched alkanes of at least 4 members (excludes halogenated alkanes) is 2. The zero-order valence-electron chi connectivity index (χ0n) is 19.0. The Bertz CT molecular complexity index is 1360. The first-order valence-electron chi connectivity index (χ1n) is 11.1. The number of nitrogens with zero attached hydrogens (tertiary/aromatic N) is 2. The molecule has 4 aromatic rings. The van der Waals surface area contributed by atoms with Gasteiger partial charge in [0, 0.05) is 5.56 Å². The second-order valence-corrected chi connectivity index (χ2v) is 8.92. The maximum atomic E-state index is 14.0. The summed E-state index contributed by atoms with van der Waals surface area (Å²) in [7, 11) is 0. The van der Waals surface area contributed by atoms with E-state index in [0.717, 1.165) is 30.6 Å². The van der Waals surface area contributed by atoms with E-state index in [-0.39, 0.29) is 12.1 Å². The number of ether oxygens (including phenoxy) is 2. The van der Waals surface area contributed by atoms with Crippen molar-refractivity contribution >= 4 is 27.5 Å². The highest BCUT2D eigenvalue weighted by Crippen LogP contribution is 2.28. The molecule has 4 rings (SSSR count). The molecule has 0 radical (unpaired) electrons. The Morgan fingerprint density at radius 2 is 1.82 bits per heavy atom. The second-order valence-electron chi connectivity index (χ2n) is 7.92. The maximum absolute atomic E-state index is 14.0. The maximum Gasteiger partial charge on any atom is 0.354 e. The van der Waals surface area contributed by atoms with Gasteiger partial charge >= 0.3 is 5.97 Å². The largest absolute Gasteiger partial charge is 0.494 e. The van der Waals surface area contributed by atoms with Gasteiger partial charge in [-0.25, -0.2) is 14.2 Å². The molecule has 2 heterocycles. The monoisotopic (exact) mass is 480 g/mol. The molecule has 0 aliphatic carbocycles. The van der Waals surface area contributed by atoms with Crippen LogP contribution in [-0.4, -0.2) is 22.1 Å². The van der Waals surface area contributed by atoms with Gasteiger partial charge in [-0.1, -0.05) is 38.0 Å². The highest BCUT2D eigenvalue weighted by Gasteiger charge is 2.21. The number of aromatic nitrogens is 2. The SMILES string of the molecule is CCCCCOc1ccc(OC(=O)c2sc3ncn(Cc4ccccc4F)c(=O)c3c2C)cc1. The lowest BCUT2D eigenvalue weighted by Gasteiger charge is -2.07. The fourth-order valence-electron chi connectivity index (χ4n) is 3.58. The summed E-state index contributed by atoms with van der Waals surface area (Å²) in [5.41, 5.74) is 0.558. The van der Waals surface area contributed by atoms with Gasteiger partial charge in [-0.3, -0.25) is 9.36 Å². The van der Waals surface area contributed by atoms with Crippen LogP contribution in [0.5, 0.6) is 11.5 Å². The number of esters is 1. The molecule has 0 spiro atoms. The highest BCUT2D eigenvalue weighted by molar-refractivity contribution is 7.20. The quantitative estimate of drug-likeness (QED) is 0.174. The third-order valence-electron chi connectivity index (χ3n) is 5.45. The topological polar surface area (TPSA) is 70.4 Å². The fraction of sp³-hybridized carbons (Fsp3) is 0.269. The van der Waals surface area contributed by atoms with Gasteiger partial charge in [-0.2, -0.15) is 0 Å². The second kappa shape index (κ2) is 10.6. The van der Waals surface area contributed by atoms with Crippen molar-refractivity contribution in [3.8, 4) is 11.5 Å². The van der Waals surface area contributed by atoms with Crippen LogP contribution in [0.4, 0.5) is 4.39 Å². The summed E-state index contributed by atoms with van der Waals surface area (Å²) in [4.78, 5) is 31.0. The average Bonchev–Trinajstić information content (AvgIpc) is 3.18. The van der Waals surface area contributed by atoms with E-state index < -0.39 is 11.8 Å². The lowest BCUT2D eigenvalue weighted by atomic mass is 10.2. The summed E-state index contributed by atoms with van der Waals surface area (Å²) in [6.07, 6.45) is 4.62. The molecule has 0 aliphatic rings. The van der Waals surface area contributed by atoms with Gasteiger partial charge in [-0.15, -0.1) is 11.3 Å². The molecule has 6 nitrogen and oxygen atoms in total. The van der Waals surface area contributed by atoms with Gasteiger partial charge in [0.25, 0.3) is 5.56 Å². The van der Waals surface area contributed by atoms with Crippen molar-refractivity contribution in [3.63, 3.8) is 0 Å². The smallest absolute Gasteiger partial charge is 0.354 e. The molecule has 0 N–H and O–H groups in total. The molecule has 0 unspecified atom stereocenters. The summed E-state index contributed by atoms with van der Waals surface area (Å²) in [5, 5.41) is 0.339. The van der Waals surface area contributed by atoms with Crippen molar-refractivity contribution in [3.05, 3.63) is 87.0 Å². The Kier molecular flexibility index (Phi) is 7.37. The summed E-state index contributed by atoms with van der Waals surface area (Å²) >= 11 is 1.10. The van der Waals surface area contributed by atoms with Gasteiger partial charge in [0.05, 0.1) is 24.9 Å². The van der Waals surface area contributed by atoms with Crippen LogP contribution < -0.4 is 15.0 Å². The molecule has 0 fully saturated rings. The first-order chi connectivity index (χ1) is 16.5. The van der Waals surface area contributed by atoms with E-state index in [9.17, 15) is 14.0 Å². The van der Waals surface area contributed by atoms with Gasteiger partial charge in [0.2, 0.25) is 0 Å². The Labute approximate surface area is 200 Å². The lowest BCUT2D eigenvalue weighted by molar-refractivity contribution is 0.0739. The third kappa shape index (κ3) is 5.17. The molecule has 0 saturated heterocycles. The predicted octanol–water partition coefficient (Wildman–Crippen LogP) is 5.74. The summed E-state index contributed by atoms with van der Waals surface area (Å²) < 4.78 is 26.6. The van der Waals surface area contributed by atoms with Crippen molar-refractivity contribution in [1.82, 2.24) is 9.55 Å². The van der Waals surface area contributed by atoms with Crippen LogP contribution in [0.2, 0.25) is 0 Å². The van der Waals surface area contributed by atoms with Crippen LogP contribution >= 0.6 is 11.3 Å². The molecule has 8 heteroatoms. The van der Waals surface area contributed by atoms with Crippen LogP contribution in [0.15, 0.2) is 59.7 Å². The molecule has 2 aromatic heterocycles. The van der Waals surface area contributed by atoms with Gasteiger partial charge in [0.15, 0.2) is 0 Å². The van der Waals surface area contributed by atoms with E-state index in [0.29, 0.717) is 44.3 Å². The summed E-state index contributed by atoms with van der Waals surface area (Å²) in [6, 6.07) is 13.1. The van der Waals surface area contributed by atoms with Gasteiger partial charge in [-0.05, 0) is 49.2 Å². The number of halogens is 1. The summed E-state index contributed by atoms with van der Waals surface area (Å²) in [5.74, 6) is 0.150. The molecule has 0 atom stereocenters. The Hall–Kier alpha value is -3.52. The van der Waals surface area contributed by atoms with E-state index in [1.807, 2.05) is 0 Å². The summed E-state index contributed by atoms with van der Waals surface area (Å²) in [6.45, 7) is 4.53. The number of benzene rings is 2. The number of aryl methyl sites for hydroxylation is 1. The highest BCUT2D eigenvalue weighted by atomic mass is 32.1. The third-order valence-corrected chi connectivity index (χ3v) is 6.63. The number of rotatable bonds is 9. The van der Waals surface area contributed by atoms with Crippen LogP contribution in [-0.2, 0) is 6.54 Å². The van der Waals surface area contributed by atoms with E-state index in [1.165, 1.54) is 17.0 Å². The number of fused-ring (bicyclic) bond motifs is 1.